The topological polar surface area (TPSA) is 81.9 Å². The lowest BCUT2D eigenvalue weighted by Crippen LogP contribution is -2.04. The lowest BCUT2D eigenvalue weighted by molar-refractivity contribution is 0.0526. The molecule has 2 heterocycles. The first-order valence-corrected chi connectivity index (χ1v) is 7.43. The molecule has 0 saturated heterocycles. The first-order valence-electron chi connectivity index (χ1n) is 7.43. The van der Waals surface area contributed by atoms with E-state index < -0.39 is 0 Å². The maximum absolute atomic E-state index is 11.7. The molecule has 1 aromatic carbocycles. The molecule has 3 aromatic rings. The summed E-state index contributed by atoms with van der Waals surface area (Å²) in [4.78, 5) is 20.2. The zero-order valence-electron chi connectivity index (χ0n) is 13.0. The highest BCUT2D eigenvalue weighted by Crippen LogP contribution is 2.23. The summed E-state index contributed by atoms with van der Waals surface area (Å²) in [6.07, 6.45) is 3.25. The van der Waals surface area contributed by atoms with Gasteiger partial charge in [-0.3, -0.25) is 0 Å². The van der Waals surface area contributed by atoms with Gasteiger partial charge in [-0.05, 0) is 38.1 Å². The number of fused-ring (bicyclic) bond motifs is 1. The van der Waals surface area contributed by atoms with E-state index in [4.69, 9.17) is 4.74 Å². The van der Waals surface area contributed by atoms with E-state index in [1.165, 1.54) is 6.33 Å². The number of ether oxygens (including phenoxy) is 1. The van der Waals surface area contributed by atoms with Crippen molar-refractivity contribution in [3.8, 4) is 0 Å². The number of nitrogens with zero attached hydrogens (tertiary/aromatic N) is 4. The SMILES string of the molecule is CCOC(=O)c1ccc(Nc2ncnc3c2cnn3CC)cc1. The van der Waals surface area contributed by atoms with Gasteiger partial charge in [-0.15, -0.1) is 0 Å². The van der Waals surface area contributed by atoms with Crippen LogP contribution in [0.15, 0.2) is 36.8 Å². The van der Waals surface area contributed by atoms with Crippen LogP contribution >= 0.6 is 0 Å². The number of hydrogen-bond acceptors (Lipinski definition) is 6. The number of aryl methyl sites for hydroxylation is 1. The van der Waals surface area contributed by atoms with Gasteiger partial charge in [-0.25, -0.2) is 19.4 Å². The van der Waals surface area contributed by atoms with Crippen molar-refractivity contribution in [2.45, 2.75) is 20.4 Å². The van der Waals surface area contributed by atoms with E-state index in [2.05, 4.69) is 20.4 Å². The fourth-order valence-electron chi connectivity index (χ4n) is 2.26. The average molecular weight is 311 g/mol. The normalized spacial score (nSPS) is 10.7. The van der Waals surface area contributed by atoms with Crippen molar-refractivity contribution in [1.82, 2.24) is 19.7 Å². The van der Waals surface area contributed by atoms with Crippen molar-refractivity contribution in [3.63, 3.8) is 0 Å². The van der Waals surface area contributed by atoms with Crippen LogP contribution in [-0.2, 0) is 11.3 Å². The Balaban J connectivity index is 1.85. The van der Waals surface area contributed by atoms with Crippen LogP contribution in [0.5, 0.6) is 0 Å². The predicted octanol–water partition coefficient (Wildman–Crippen LogP) is 2.77. The number of hydrogen-bond donors (Lipinski definition) is 1. The number of anilines is 2. The molecule has 7 heteroatoms. The third-order valence-electron chi connectivity index (χ3n) is 3.39. The standard InChI is InChI=1S/C16H17N5O2/c1-3-21-15-13(9-19-21)14(17-10-18-15)20-12-7-5-11(6-8-12)16(22)23-4-2/h5-10H,3-4H2,1-2H3,(H,17,18,20). The molecule has 2 aromatic heterocycles. The van der Waals surface area contributed by atoms with Gasteiger partial charge in [-0.1, -0.05) is 0 Å². The predicted molar refractivity (Wildman–Crippen MR) is 86.7 cm³/mol. The smallest absolute Gasteiger partial charge is 0.338 e. The highest BCUT2D eigenvalue weighted by molar-refractivity contribution is 5.91. The number of aromatic nitrogens is 4. The molecule has 1 N–H and O–H groups in total. The molecule has 3 rings (SSSR count). The van der Waals surface area contributed by atoms with Crippen molar-refractivity contribution >= 4 is 28.5 Å². The highest BCUT2D eigenvalue weighted by atomic mass is 16.5. The molecule has 0 fully saturated rings. The lowest BCUT2D eigenvalue weighted by atomic mass is 10.2. The summed E-state index contributed by atoms with van der Waals surface area (Å²) < 4.78 is 6.78. The molecule has 0 aliphatic rings. The van der Waals surface area contributed by atoms with Crippen molar-refractivity contribution in [2.24, 2.45) is 0 Å². The van der Waals surface area contributed by atoms with Gasteiger partial charge in [0.15, 0.2) is 5.65 Å². The molecule has 0 aliphatic carbocycles. The number of esters is 1. The van der Waals surface area contributed by atoms with Crippen molar-refractivity contribution in [3.05, 3.63) is 42.4 Å². The Kier molecular flexibility index (Phi) is 4.18. The fourth-order valence-corrected chi connectivity index (χ4v) is 2.26. The number of nitrogens with one attached hydrogen (secondary N) is 1. The van der Waals surface area contributed by atoms with E-state index in [0.29, 0.717) is 18.0 Å². The summed E-state index contributed by atoms with van der Waals surface area (Å²) in [5.74, 6) is 0.353. The van der Waals surface area contributed by atoms with Crippen LogP contribution in [0.3, 0.4) is 0 Å². The monoisotopic (exact) mass is 311 g/mol. The average Bonchev–Trinajstić information content (AvgIpc) is 3.00. The summed E-state index contributed by atoms with van der Waals surface area (Å²) in [6, 6.07) is 7.05. The Morgan fingerprint density at radius 1 is 1.22 bits per heavy atom. The van der Waals surface area contributed by atoms with E-state index in [9.17, 15) is 4.79 Å². The molecule has 0 unspecified atom stereocenters. The minimum absolute atomic E-state index is 0.326. The van der Waals surface area contributed by atoms with Gasteiger partial charge >= 0.3 is 5.97 Å². The molecule has 0 spiro atoms. The first-order chi connectivity index (χ1) is 11.2. The molecule has 0 radical (unpaired) electrons. The number of rotatable bonds is 5. The molecule has 0 aliphatic heterocycles. The van der Waals surface area contributed by atoms with Gasteiger partial charge in [0.2, 0.25) is 0 Å². The Bertz CT molecular complexity index is 826. The highest BCUT2D eigenvalue weighted by Gasteiger charge is 2.10. The zero-order chi connectivity index (χ0) is 16.2. The minimum Gasteiger partial charge on any atom is -0.462 e. The van der Waals surface area contributed by atoms with Gasteiger partial charge in [0, 0.05) is 12.2 Å². The van der Waals surface area contributed by atoms with Gasteiger partial charge in [0.25, 0.3) is 0 Å². The molecule has 0 amide bonds. The fraction of sp³-hybridized carbons (Fsp3) is 0.250. The van der Waals surface area contributed by atoms with Crippen molar-refractivity contribution in [1.29, 1.82) is 0 Å². The van der Waals surface area contributed by atoms with Gasteiger partial charge in [0.1, 0.15) is 12.1 Å². The maximum Gasteiger partial charge on any atom is 0.338 e. The van der Waals surface area contributed by atoms with Crippen LogP contribution in [0.25, 0.3) is 11.0 Å². The van der Waals surface area contributed by atoms with Crippen LogP contribution in [0, 0.1) is 0 Å². The molecule has 7 nitrogen and oxygen atoms in total. The first kappa shape index (κ1) is 15.0. The van der Waals surface area contributed by atoms with Crippen LogP contribution in [0.1, 0.15) is 24.2 Å². The summed E-state index contributed by atoms with van der Waals surface area (Å²) in [7, 11) is 0. The molecule has 0 saturated carbocycles. The Labute approximate surface area is 133 Å². The largest absolute Gasteiger partial charge is 0.462 e. The van der Waals surface area contributed by atoms with Gasteiger partial charge in [0.05, 0.1) is 23.8 Å². The summed E-state index contributed by atoms with van der Waals surface area (Å²) in [5, 5.41) is 8.36. The Hall–Kier alpha value is -2.96. The second-order valence-corrected chi connectivity index (χ2v) is 4.84. The molecule has 0 bridgehead atoms. The van der Waals surface area contributed by atoms with E-state index in [1.54, 1.807) is 25.3 Å². The lowest BCUT2D eigenvalue weighted by Gasteiger charge is -2.07. The van der Waals surface area contributed by atoms with Crippen LogP contribution in [-0.4, -0.2) is 32.3 Å². The van der Waals surface area contributed by atoms with Gasteiger partial charge < -0.3 is 10.1 Å². The van der Waals surface area contributed by atoms with Crippen LogP contribution in [0.2, 0.25) is 0 Å². The van der Waals surface area contributed by atoms with E-state index >= 15 is 0 Å². The van der Waals surface area contributed by atoms with E-state index in [1.807, 2.05) is 23.7 Å². The summed E-state index contributed by atoms with van der Waals surface area (Å²) >= 11 is 0. The van der Waals surface area contributed by atoms with Crippen LogP contribution < -0.4 is 5.32 Å². The second-order valence-electron chi connectivity index (χ2n) is 4.84. The molecule has 118 valence electrons. The number of carbonyl (C=O) groups is 1. The molecule has 23 heavy (non-hydrogen) atoms. The van der Waals surface area contributed by atoms with Crippen molar-refractivity contribution < 1.29 is 9.53 Å². The Morgan fingerprint density at radius 2 is 2.00 bits per heavy atom. The van der Waals surface area contributed by atoms with E-state index in [0.717, 1.165) is 23.3 Å². The number of carbonyl (C=O) groups excluding carboxylic acids is 1. The third-order valence-corrected chi connectivity index (χ3v) is 3.39. The molecule has 0 atom stereocenters. The van der Waals surface area contributed by atoms with Crippen molar-refractivity contribution in [2.75, 3.05) is 11.9 Å². The van der Waals surface area contributed by atoms with Gasteiger partial charge in [-0.2, -0.15) is 5.10 Å². The zero-order valence-corrected chi connectivity index (χ0v) is 13.0. The summed E-state index contributed by atoms with van der Waals surface area (Å²) in [5.41, 5.74) is 2.12. The molecular weight excluding hydrogens is 294 g/mol. The minimum atomic E-state index is -0.326. The quantitative estimate of drug-likeness (QED) is 0.730. The second kappa shape index (κ2) is 6.43. The summed E-state index contributed by atoms with van der Waals surface area (Å²) in [6.45, 7) is 4.90. The third kappa shape index (κ3) is 2.98. The molecular formula is C16H17N5O2. The maximum atomic E-state index is 11.7. The van der Waals surface area contributed by atoms with E-state index in [-0.39, 0.29) is 5.97 Å². The van der Waals surface area contributed by atoms with Crippen LogP contribution in [0.4, 0.5) is 11.5 Å². The number of benzene rings is 1. The Morgan fingerprint density at radius 3 is 2.70 bits per heavy atom.